The van der Waals surface area contributed by atoms with Crippen molar-refractivity contribution < 1.29 is 4.42 Å². The van der Waals surface area contributed by atoms with Gasteiger partial charge in [0.25, 0.3) is 0 Å². The van der Waals surface area contributed by atoms with Gasteiger partial charge < -0.3 is 14.6 Å². The van der Waals surface area contributed by atoms with Gasteiger partial charge in [0.05, 0.1) is 6.54 Å². The molecule has 0 atom stereocenters. The quantitative estimate of drug-likeness (QED) is 0.768. The lowest BCUT2D eigenvalue weighted by molar-refractivity contribution is 0.455. The molecule has 1 N–H and O–H groups in total. The number of aromatic nitrogens is 2. The Balaban J connectivity index is 1.94. The minimum absolute atomic E-state index is 0.621. The topological polar surface area (TPSA) is 54.2 Å². The third-order valence-corrected chi connectivity index (χ3v) is 3.16. The van der Waals surface area contributed by atoms with Gasteiger partial charge in [-0.05, 0) is 31.7 Å². The van der Waals surface area contributed by atoms with Gasteiger partial charge in [-0.1, -0.05) is 25.9 Å². The lowest BCUT2D eigenvalue weighted by Gasteiger charge is -2.20. The third kappa shape index (κ3) is 3.70. The van der Waals surface area contributed by atoms with Crippen molar-refractivity contribution in [3.05, 3.63) is 5.89 Å². The van der Waals surface area contributed by atoms with Gasteiger partial charge in [-0.15, -0.1) is 5.10 Å². The Bertz CT molecular complexity index is 360. The molecular formula is C13H24N4O. The average molecular weight is 252 g/mol. The van der Waals surface area contributed by atoms with E-state index < -0.39 is 0 Å². The predicted octanol–water partition coefficient (Wildman–Crippen LogP) is 2.19. The summed E-state index contributed by atoms with van der Waals surface area (Å²) >= 11 is 0. The van der Waals surface area contributed by atoms with Crippen molar-refractivity contribution in [2.24, 2.45) is 5.92 Å². The van der Waals surface area contributed by atoms with Gasteiger partial charge in [-0.2, -0.15) is 0 Å². The molecule has 1 heterocycles. The predicted molar refractivity (Wildman–Crippen MR) is 71.5 cm³/mol. The molecule has 1 aliphatic rings. The van der Waals surface area contributed by atoms with E-state index in [9.17, 15) is 0 Å². The van der Waals surface area contributed by atoms with Crippen LogP contribution in [-0.4, -0.2) is 29.3 Å². The highest BCUT2D eigenvalue weighted by molar-refractivity contribution is 5.29. The molecule has 0 unspecified atom stereocenters. The molecule has 2 rings (SSSR count). The van der Waals surface area contributed by atoms with Crippen LogP contribution in [0.15, 0.2) is 4.42 Å². The summed E-state index contributed by atoms with van der Waals surface area (Å²) in [5.41, 5.74) is 0. The summed E-state index contributed by atoms with van der Waals surface area (Å²) < 4.78 is 5.72. The molecule has 102 valence electrons. The van der Waals surface area contributed by atoms with Crippen LogP contribution in [0.5, 0.6) is 0 Å². The van der Waals surface area contributed by atoms with Crippen LogP contribution in [0, 0.1) is 5.92 Å². The monoisotopic (exact) mass is 252 g/mol. The molecule has 0 amide bonds. The van der Waals surface area contributed by atoms with Gasteiger partial charge in [-0.3, -0.25) is 0 Å². The second-order valence-electron chi connectivity index (χ2n) is 5.37. The first kappa shape index (κ1) is 13.3. The number of rotatable bonds is 8. The van der Waals surface area contributed by atoms with Crippen LogP contribution in [0.2, 0.25) is 0 Å². The van der Waals surface area contributed by atoms with Crippen LogP contribution in [-0.2, 0) is 6.54 Å². The Labute approximate surface area is 109 Å². The number of anilines is 1. The highest BCUT2D eigenvalue weighted by atomic mass is 16.4. The van der Waals surface area contributed by atoms with Gasteiger partial charge in [0, 0.05) is 12.6 Å². The van der Waals surface area contributed by atoms with E-state index in [1.165, 1.54) is 19.3 Å². The molecular weight excluding hydrogens is 228 g/mol. The molecule has 5 nitrogen and oxygen atoms in total. The van der Waals surface area contributed by atoms with E-state index in [4.69, 9.17) is 4.42 Å². The highest BCUT2D eigenvalue weighted by Gasteiger charge is 2.32. The van der Waals surface area contributed by atoms with Gasteiger partial charge in [0.2, 0.25) is 5.89 Å². The van der Waals surface area contributed by atoms with Crippen molar-refractivity contribution >= 4 is 6.01 Å². The molecule has 1 fully saturated rings. The van der Waals surface area contributed by atoms with Crippen molar-refractivity contribution in [3.8, 4) is 0 Å². The molecule has 1 aliphatic carbocycles. The Morgan fingerprint density at radius 1 is 1.39 bits per heavy atom. The van der Waals surface area contributed by atoms with Crippen molar-refractivity contribution in [2.75, 3.05) is 18.0 Å². The second-order valence-corrected chi connectivity index (χ2v) is 5.37. The molecule has 1 aromatic rings. The van der Waals surface area contributed by atoms with Crippen LogP contribution in [0.3, 0.4) is 0 Å². The molecule has 5 heteroatoms. The summed E-state index contributed by atoms with van der Waals surface area (Å²) in [6, 6.07) is 1.32. The first-order valence-electron chi connectivity index (χ1n) is 7.00. The Morgan fingerprint density at radius 2 is 2.17 bits per heavy atom. The molecule has 0 aliphatic heterocycles. The van der Waals surface area contributed by atoms with E-state index in [1.807, 2.05) is 0 Å². The molecule has 18 heavy (non-hydrogen) atoms. The summed E-state index contributed by atoms with van der Waals surface area (Å²) in [6.45, 7) is 9.15. The molecule has 0 bridgehead atoms. The fourth-order valence-electron chi connectivity index (χ4n) is 1.88. The van der Waals surface area contributed by atoms with Gasteiger partial charge >= 0.3 is 6.01 Å². The van der Waals surface area contributed by atoms with E-state index in [-0.39, 0.29) is 0 Å². The molecule has 1 aromatic heterocycles. The molecule has 0 spiro atoms. The lowest BCUT2D eigenvalue weighted by atomic mass is 10.1. The standard InChI is InChI=1S/C13H24N4O/c1-4-14-9-12-15-16-13(18-12)17(11-5-6-11)8-7-10(2)3/h10-11,14H,4-9H2,1-3H3. The molecule has 0 radical (unpaired) electrons. The van der Waals surface area contributed by atoms with Gasteiger partial charge in [0.1, 0.15) is 0 Å². The third-order valence-electron chi connectivity index (χ3n) is 3.16. The molecule has 1 saturated carbocycles. The first-order chi connectivity index (χ1) is 8.70. The first-order valence-corrected chi connectivity index (χ1v) is 7.00. The van der Waals surface area contributed by atoms with Gasteiger partial charge in [-0.25, -0.2) is 0 Å². The van der Waals surface area contributed by atoms with Crippen molar-refractivity contribution in [1.29, 1.82) is 0 Å². The second kappa shape index (κ2) is 6.18. The maximum atomic E-state index is 5.72. The van der Waals surface area contributed by atoms with E-state index in [2.05, 4.69) is 41.2 Å². The number of hydrogen-bond acceptors (Lipinski definition) is 5. The Morgan fingerprint density at radius 3 is 2.78 bits per heavy atom. The summed E-state index contributed by atoms with van der Waals surface area (Å²) in [5.74, 6) is 1.39. The highest BCUT2D eigenvalue weighted by Crippen LogP contribution is 2.31. The van der Waals surface area contributed by atoms with E-state index in [0.717, 1.165) is 13.1 Å². The van der Waals surface area contributed by atoms with Crippen molar-refractivity contribution in [1.82, 2.24) is 15.5 Å². The zero-order chi connectivity index (χ0) is 13.0. The zero-order valence-electron chi connectivity index (χ0n) is 11.6. The zero-order valence-corrected chi connectivity index (χ0v) is 11.6. The van der Waals surface area contributed by atoms with Gasteiger partial charge in [0.15, 0.2) is 0 Å². The molecule has 0 aromatic carbocycles. The van der Waals surface area contributed by atoms with Crippen LogP contribution in [0.4, 0.5) is 6.01 Å². The number of nitrogens with zero attached hydrogens (tertiary/aromatic N) is 3. The van der Waals surface area contributed by atoms with Crippen LogP contribution < -0.4 is 10.2 Å². The average Bonchev–Trinajstić information content (AvgIpc) is 3.06. The number of hydrogen-bond donors (Lipinski definition) is 1. The maximum absolute atomic E-state index is 5.72. The number of nitrogens with one attached hydrogen (secondary N) is 1. The van der Waals surface area contributed by atoms with E-state index in [0.29, 0.717) is 30.4 Å². The summed E-state index contributed by atoms with van der Waals surface area (Å²) in [6.07, 6.45) is 3.67. The maximum Gasteiger partial charge on any atom is 0.318 e. The van der Waals surface area contributed by atoms with Crippen LogP contribution in [0.1, 0.15) is 45.9 Å². The summed E-state index contributed by atoms with van der Waals surface area (Å²) in [4.78, 5) is 2.28. The SMILES string of the molecule is CCNCc1nnc(N(CCC(C)C)C2CC2)o1. The lowest BCUT2D eigenvalue weighted by Crippen LogP contribution is -2.28. The normalized spacial score (nSPS) is 15.3. The minimum Gasteiger partial charge on any atom is -0.407 e. The summed E-state index contributed by atoms with van der Waals surface area (Å²) in [5, 5.41) is 11.5. The van der Waals surface area contributed by atoms with Crippen molar-refractivity contribution in [2.45, 2.75) is 52.6 Å². The minimum atomic E-state index is 0.621. The molecule has 0 saturated heterocycles. The Hall–Kier alpha value is -1.10. The van der Waals surface area contributed by atoms with Crippen LogP contribution >= 0.6 is 0 Å². The largest absolute Gasteiger partial charge is 0.407 e. The summed E-state index contributed by atoms with van der Waals surface area (Å²) in [7, 11) is 0. The van der Waals surface area contributed by atoms with E-state index in [1.54, 1.807) is 0 Å². The van der Waals surface area contributed by atoms with Crippen LogP contribution in [0.25, 0.3) is 0 Å². The fourth-order valence-corrected chi connectivity index (χ4v) is 1.88. The smallest absolute Gasteiger partial charge is 0.318 e. The van der Waals surface area contributed by atoms with Crippen molar-refractivity contribution in [3.63, 3.8) is 0 Å². The Kier molecular flexibility index (Phi) is 4.58. The van der Waals surface area contributed by atoms with E-state index >= 15 is 0 Å². The fraction of sp³-hybridized carbons (Fsp3) is 0.846.